The lowest BCUT2D eigenvalue weighted by Gasteiger charge is -2.21. The second-order valence-electron chi connectivity index (χ2n) is 8.14. The second kappa shape index (κ2) is 7.98. The second-order valence-corrected chi connectivity index (χ2v) is 8.14. The number of aromatic nitrogens is 4. The molecule has 3 aromatic heterocycles. The molecular formula is C24H25N5O2. The Morgan fingerprint density at radius 1 is 1.06 bits per heavy atom. The van der Waals surface area contributed by atoms with E-state index in [0.717, 1.165) is 55.6 Å². The summed E-state index contributed by atoms with van der Waals surface area (Å²) in [6.45, 7) is 3.49. The molecule has 0 unspecified atom stereocenters. The lowest BCUT2D eigenvalue weighted by atomic mass is 10.0. The molecule has 4 aromatic rings. The van der Waals surface area contributed by atoms with Gasteiger partial charge in [-0.3, -0.25) is 9.48 Å². The van der Waals surface area contributed by atoms with Crippen molar-refractivity contribution in [2.75, 3.05) is 13.1 Å². The first-order valence-corrected chi connectivity index (χ1v) is 10.8. The first-order valence-electron chi connectivity index (χ1n) is 10.8. The van der Waals surface area contributed by atoms with Crippen LogP contribution in [0.15, 0.2) is 47.1 Å². The van der Waals surface area contributed by atoms with Gasteiger partial charge in [-0.25, -0.2) is 4.98 Å². The lowest BCUT2D eigenvalue weighted by molar-refractivity contribution is 0.0763. The number of nitrogens with zero attached hydrogens (tertiary/aromatic N) is 5. The van der Waals surface area contributed by atoms with E-state index in [4.69, 9.17) is 9.51 Å². The maximum absolute atomic E-state index is 13.7. The zero-order valence-electron chi connectivity index (χ0n) is 17.8. The van der Waals surface area contributed by atoms with Gasteiger partial charge in [0.05, 0.1) is 22.3 Å². The Bertz CT molecular complexity index is 1230. The summed E-state index contributed by atoms with van der Waals surface area (Å²) in [6, 6.07) is 11.7. The Balaban J connectivity index is 1.71. The minimum absolute atomic E-state index is 0.0116. The van der Waals surface area contributed by atoms with Crippen LogP contribution >= 0.6 is 0 Å². The van der Waals surface area contributed by atoms with Crippen molar-refractivity contribution < 1.29 is 9.32 Å². The van der Waals surface area contributed by atoms with Crippen LogP contribution in [0.25, 0.3) is 33.6 Å². The molecule has 0 aliphatic carbocycles. The van der Waals surface area contributed by atoms with Gasteiger partial charge in [-0.15, -0.1) is 0 Å². The molecule has 4 heterocycles. The first-order chi connectivity index (χ1) is 15.1. The highest BCUT2D eigenvalue weighted by atomic mass is 16.5. The van der Waals surface area contributed by atoms with Crippen molar-refractivity contribution in [2.45, 2.75) is 32.6 Å². The standard InChI is InChI=1S/C24H25N5O2/c1-16-19(15-28(2)26-16)20-14-18(24(30)29-12-8-3-4-9-13-29)21-22(27-31-23(21)25-20)17-10-6-5-7-11-17/h5-7,10-11,14-15H,3-4,8-9,12-13H2,1-2H3. The van der Waals surface area contributed by atoms with Crippen LogP contribution in [-0.2, 0) is 7.05 Å². The molecule has 7 heteroatoms. The molecule has 1 aromatic carbocycles. The van der Waals surface area contributed by atoms with Gasteiger partial charge in [0.25, 0.3) is 11.6 Å². The van der Waals surface area contributed by atoms with Gasteiger partial charge in [0.2, 0.25) is 0 Å². The molecule has 0 spiro atoms. The predicted octanol–water partition coefficient (Wildman–Crippen LogP) is 4.61. The number of hydrogen-bond donors (Lipinski definition) is 0. The summed E-state index contributed by atoms with van der Waals surface area (Å²) < 4.78 is 7.41. The van der Waals surface area contributed by atoms with Crippen LogP contribution in [0.5, 0.6) is 0 Å². The molecule has 0 N–H and O–H groups in total. The Morgan fingerprint density at radius 2 is 1.81 bits per heavy atom. The molecule has 1 fully saturated rings. The number of rotatable bonds is 3. The van der Waals surface area contributed by atoms with E-state index in [0.29, 0.717) is 28.1 Å². The van der Waals surface area contributed by atoms with E-state index in [1.165, 1.54) is 0 Å². The third-order valence-corrected chi connectivity index (χ3v) is 5.91. The minimum Gasteiger partial charge on any atom is -0.339 e. The van der Waals surface area contributed by atoms with E-state index in [2.05, 4.69) is 10.3 Å². The summed E-state index contributed by atoms with van der Waals surface area (Å²) in [5, 5.41) is 9.41. The smallest absolute Gasteiger partial charge is 0.259 e. The summed E-state index contributed by atoms with van der Waals surface area (Å²) in [7, 11) is 1.88. The molecule has 7 nitrogen and oxygen atoms in total. The van der Waals surface area contributed by atoms with E-state index in [1.54, 1.807) is 4.68 Å². The first kappa shape index (κ1) is 19.5. The number of carbonyl (C=O) groups excluding carboxylic acids is 1. The molecule has 31 heavy (non-hydrogen) atoms. The maximum Gasteiger partial charge on any atom is 0.259 e. The average Bonchev–Trinajstić information content (AvgIpc) is 3.24. The summed E-state index contributed by atoms with van der Waals surface area (Å²) in [5.41, 5.74) is 4.92. The van der Waals surface area contributed by atoms with Crippen molar-refractivity contribution in [3.8, 4) is 22.5 Å². The van der Waals surface area contributed by atoms with Gasteiger partial charge in [-0.1, -0.05) is 48.3 Å². The number of likely N-dealkylation sites (tertiary alicyclic amines) is 1. The van der Waals surface area contributed by atoms with Crippen molar-refractivity contribution in [1.29, 1.82) is 0 Å². The SMILES string of the molecule is Cc1nn(C)cc1-c1cc(C(=O)N2CCCCCC2)c2c(-c3ccccc3)noc2n1. The highest BCUT2D eigenvalue weighted by Crippen LogP contribution is 2.34. The Morgan fingerprint density at radius 3 is 2.48 bits per heavy atom. The molecule has 1 saturated heterocycles. The summed E-state index contributed by atoms with van der Waals surface area (Å²) in [6.07, 6.45) is 6.31. The van der Waals surface area contributed by atoms with E-state index < -0.39 is 0 Å². The van der Waals surface area contributed by atoms with Gasteiger partial charge in [0, 0.05) is 37.5 Å². The maximum atomic E-state index is 13.7. The van der Waals surface area contributed by atoms with Crippen molar-refractivity contribution in [3.63, 3.8) is 0 Å². The molecule has 0 saturated carbocycles. The van der Waals surface area contributed by atoms with Gasteiger partial charge < -0.3 is 9.42 Å². The van der Waals surface area contributed by atoms with Crippen LogP contribution < -0.4 is 0 Å². The van der Waals surface area contributed by atoms with Crippen LogP contribution in [0.3, 0.4) is 0 Å². The predicted molar refractivity (Wildman–Crippen MR) is 119 cm³/mol. The normalized spacial score (nSPS) is 14.7. The molecular weight excluding hydrogens is 390 g/mol. The van der Waals surface area contributed by atoms with Gasteiger partial charge in [0.15, 0.2) is 0 Å². The molecule has 1 aliphatic heterocycles. The van der Waals surface area contributed by atoms with E-state index in [1.807, 2.05) is 61.5 Å². The van der Waals surface area contributed by atoms with E-state index in [-0.39, 0.29) is 5.91 Å². The van der Waals surface area contributed by atoms with Gasteiger partial charge in [-0.2, -0.15) is 5.10 Å². The molecule has 0 bridgehead atoms. The molecule has 1 amide bonds. The van der Waals surface area contributed by atoms with Crippen LogP contribution in [-0.4, -0.2) is 43.8 Å². The van der Waals surface area contributed by atoms with Crippen LogP contribution in [0.2, 0.25) is 0 Å². The van der Waals surface area contributed by atoms with Gasteiger partial charge in [-0.05, 0) is 25.8 Å². The van der Waals surface area contributed by atoms with Crippen LogP contribution in [0.4, 0.5) is 0 Å². The highest BCUT2D eigenvalue weighted by molar-refractivity contribution is 6.10. The third kappa shape index (κ3) is 3.60. The Kier molecular flexibility index (Phi) is 5.02. The fraction of sp³-hybridized carbons (Fsp3) is 0.333. The zero-order valence-corrected chi connectivity index (χ0v) is 17.8. The largest absolute Gasteiger partial charge is 0.339 e. The third-order valence-electron chi connectivity index (χ3n) is 5.91. The van der Waals surface area contributed by atoms with Gasteiger partial charge >= 0.3 is 0 Å². The number of benzene rings is 1. The van der Waals surface area contributed by atoms with E-state index >= 15 is 0 Å². The number of fused-ring (bicyclic) bond motifs is 1. The van der Waals surface area contributed by atoms with Crippen molar-refractivity contribution in [1.82, 2.24) is 24.8 Å². The monoisotopic (exact) mass is 415 g/mol. The quantitative estimate of drug-likeness (QED) is 0.488. The Hall–Kier alpha value is -3.48. The zero-order chi connectivity index (χ0) is 21.4. The average molecular weight is 415 g/mol. The van der Waals surface area contributed by atoms with Crippen LogP contribution in [0, 0.1) is 6.92 Å². The molecule has 1 aliphatic rings. The lowest BCUT2D eigenvalue weighted by Crippen LogP contribution is -2.32. The summed E-state index contributed by atoms with van der Waals surface area (Å²) >= 11 is 0. The topological polar surface area (TPSA) is 77.0 Å². The highest BCUT2D eigenvalue weighted by Gasteiger charge is 2.26. The molecule has 0 atom stereocenters. The summed E-state index contributed by atoms with van der Waals surface area (Å²) in [4.78, 5) is 20.4. The number of pyridine rings is 1. The number of hydrogen-bond acceptors (Lipinski definition) is 5. The molecule has 5 rings (SSSR count). The fourth-order valence-electron chi connectivity index (χ4n) is 4.35. The minimum atomic E-state index is 0.0116. The summed E-state index contributed by atoms with van der Waals surface area (Å²) in [5.74, 6) is 0.0116. The van der Waals surface area contributed by atoms with Gasteiger partial charge in [0.1, 0.15) is 5.69 Å². The number of amides is 1. The van der Waals surface area contributed by atoms with Crippen molar-refractivity contribution >= 4 is 17.0 Å². The molecule has 158 valence electrons. The molecule has 0 radical (unpaired) electrons. The van der Waals surface area contributed by atoms with Crippen molar-refractivity contribution in [3.05, 3.63) is 53.9 Å². The fourth-order valence-corrected chi connectivity index (χ4v) is 4.35. The van der Waals surface area contributed by atoms with Crippen molar-refractivity contribution in [2.24, 2.45) is 7.05 Å². The van der Waals surface area contributed by atoms with E-state index in [9.17, 15) is 4.79 Å². The number of aryl methyl sites for hydroxylation is 2. The number of carbonyl (C=O) groups is 1. The Labute approximate surface area is 180 Å². The van der Waals surface area contributed by atoms with Crippen LogP contribution in [0.1, 0.15) is 41.7 Å².